The van der Waals surface area contributed by atoms with Crippen molar-refractivity contribution < 1.29 is 17.9 Å². The van der Waals surface area contributed by atoms with Gasteiger partial charge in [0.1, 0.15) is 0 Å². The molecule has 0 aromatic heterocycles. The molecule has 1 aliphatic heterocycles. The van der Waals surface area contributed by atoms with Crippen LogP contribution in [-0.2, 0) is 10.9 Å². The average Bonchev–Trinajstić information content (AvgIpc) is 2.39. The molecule has 1 N–H and O–H groups in total. The summed E-state index contributed by atoms with van der Waals surface area (Å²) >= 11 is 0. The fourth-order valence-corrected chi connectivity index (χ4v) is 2.39. The van der Waals surface area contributed by atoms with E-state index in [0.717, 1.165) is 37.1 Å². The molecular formula is C14H18F3NO. The Morgan fingerprint density at radius 2 is 1.95 bits per heavy atom. The molecule has 2 rings (SSSR count). The first-order valence-corrected chi connectivity index (χ1v) is 6.53. The summed E-state index contributed by atoms with van der Waals surface area (Å²) in [7, 11) is 0. The number of hydrogen-bond acceptors (Lipinski definition) is 2. The molecule has 0 spiro atoms. The van der Waals surface area contributed by atoms with Gasteiger partial charge in [-0.3, -0.25) is 0 Å². The molecule has 106 valence electrons. The van der Waals surface area contributed by atoms with Crippen molar-refractivity contribution in [2.24, 2.45) is 0 Å². The van der Waals surface area contributed by atoms with E-state index in [2.05, 4.69) is 5.32 Å². The van der Waals surface area contributed by atoms with Crippen molar-refractivity contribution in [1.29, 1.82) is 0 Å². The molecular weight excluding hydrogens is 255 g/mol. The lowest BCUT2D eigenvalue weighted by Crippen LogP contribution is -2.35. The summed E-state index contributed by atoms with van der Waals surface area (Å²) in [5.41, 5.74) is 0.200. The van der Waals surface area contributed by atoms with Crippen LogP contribution in [0, 0.1) is 0 Å². The molecule has 2 unspecified atom stereocenters. The molecule has 1 fully saturated rings. The van der Waals surface area contributed by atoms with E-state index in [-0.39, 0.29) is 6.10 Å². The molecule has 0 radical (unpaired) electrons. The van der Waals surface area contributed by atoms with E-state index in [1.54, 1.807) is 0 Å². The maximum absolute atomic E-state index is 12.5. The van der Waals surface area contributed by atoms with Gasteiger partial charge in [-0.25, -0.2) is 0 Å². The monoisotopic (exact) mass is 273 g/mol. The van der Waals surface area contributed by atoms with E-state index in [1.165, 1.54) is 12.1 Å². The zero-order valence-electron chi connectivity index (χ0n) is 10.8. The maximum atomic E-state index is 12.5. The number of benzene rings is 1. The number of ether oxygens (including phenoxy) is 1. The van der Waals surface area contributed by atoms with Gasteiger partial charge in [0.25, 0.3) is 0 Å². The Morgan fingerprint density at radius 3 is 2.53 bits per heavy atom. The Hall–Kier alpha value is -1.07. The van der Waals surface area contributed by atoms with Gasteiger partial charge < -0.3 is 10.1 Å². The van der Waals surface area contributed by atoms with E-state index < -0.39 is 11.7 Å². The number of rotatable bonds is 3. The van der Waals surface area contributed by atoms with Crippen molar-refractivity contribution in [2.75, 3.05) is 13.2 Å². The van der Waals surface area contributed by atoms with Crippen molar-refractivity contribution in [3.8, 4) is 0 Å². The smallest absolute Gasteiger partial charge is 0.373 e. The molecule has 0 amide bonds. The van der Waals surface area contributed by atoms with Gasteiger partial charge in [-0.1, -0.05) is 19.1 Å². The summed E-state index contributed by atoms with van der Waals surface area (Å²) in [5, 5.41) is 3.36. The van der Waals surface area contributed by atoms with Crippen LogP contribution in [0.1, 0.15) is 37.0 Å². The lowest BCUT2D eigenvalue weighted by molar-refractivity contribution is -0.137. The van der Waals surface area contributed by atoms with Crippen molar-refractivity contribution in [2.45, 2.75) is 38.1 Å². The molecule has 19 heavy (non-hydrogen) atoms. The summed E-state index contributed by atoms with van der Waals surface area (Å²) in [6.07, 6.45) is -2.64. The third kappa shape index (κ3) is 3.70. The molecule has 1 heterocycles. The zero-order chi connectivity index (χ0) is 13.9. The van der Waals surface area contributed by atoms with E-state index in [9.17, 15) is 13.2 Å². The van der Waals surface area contributed by atoms with E-state index in [1.807, 2.05) is 6.92 Å². The largest absolute Gasteiger partial charge is 0.416 e. The highest BCUT2D eigenvalue weighted by Gasteiger charge is 2.30. The van der Waals surface area contributed by atoms with Gasteiger partial charge in [-0.05, 0) is 37.1 Å². The fourth-order valence-electron chi connectivity index (χ4n) is 2.39. The molecule has 2 atom stereocenters. The Morgan fingerprint density at radius 1 is 1.26 bits per heavy atom. The van der Waals surface area contributed by atoms with Gasteiger partial charge >= 0.3 is 6.18 Å². The zero-order valence-corrected chi connectivity index (χ0v) is 10.8. The van der Waals surface area contributed by atoms with Crippen LogP contribution in [0.15, 0.2) is 24.3 Å². The van der Waals surface area contributed by atoms with Gasteiger partial charge in [0.05, 0.1) is 11.7 Å². The molecule has 2 nitrogen and oxygen atoms in total. The Balaban J connectivity index is 2.05. The summed E-state index contributed by atoms with van der Waals surface area (Å²) < 4.78 is 43.1. The van der Waals surface area contributed by atoms with Gasteiger partial charge in [-0.15, -0.1) is 0 Å². The predicted molar refractivity (Wildman–Crippen MR) is 66.8 cm³/mol. The number of halogens is 3. The van der Waals surface area contributed by atoms with Crippen molar-refractivity contribution in [3.05, 3.63) is 35.4 Å². The van der Waals surface area contributed by atoms with Crippen LogP contribution in [0.4, 0.5) is 13.2 Å². The number of alkyl halides is 3. The van der Waals surface area contributed by atoms with Gasteiger partial charge in [0.2, 0.25) is 0 Å². The summed E-state index contributed by atoms with van der Waals surface area (Å²) in [5.74, 6) is 0. The van der Waals surface area contributed by atoms with Gasteiger partial charge in [0, 0.05) is 12.6 Å². The highest BCUT2D eigenvalue weighted by Crippen LogP contribution is 2.32. The minimum atomic E-state index is -4.28. The molecule has 1 saturated heterocycles. The van der Waals surface area contributed by atoms with Crippen molar-refractivity contribution >= 4 is 0 Å². The van der Waals surface area contributed by atoms with Gasteiger partial charge in [-0.2, -0.15) is 13.2 Å². The third-order valence-corrected chi connectivity index (χ3v) is 3.39. The first-order valence-electron chi connectivity index (χ1n) is 6.53. The third-order valence-electron chi connectivity index (χ3n) is 3.39. The van der Waals surface area contributed by atoms with E-state index in [4.69, 9.17) is 4.74 Å². The molecule has 1 aliphatic rings. The van der Waals surface area contributed by atoms with Crippen LogP contribution in [0.2, 0.25) is 0 Å². The van der Waals surface area contributed by atoms with Crippen LogP contribution in [0.5, 0.6) is 0 Å². The topological polar surface area (TPSA) is 21.3 Å². The Labute approximate surface area is 111 Å². The maximum Gasteiger partial charge on any atom is 0.416 e. The normalized spacial score (nSPS) is 24.4. The standard InChI is InChI=1S/C14H18F3NO/c1-2-18-12-7-8-19-13(9-12)10-3-5-11(6-4-10)14(15,16)17/h3-6,12-13,18H,2,7-9H2,1H3. The minimum absolute atomic E-state index is 0.111. The summed E-state index contributed by atoms with van der Waals surface area (Å²) in [6.45, 7) is 3.58. The molecule has 0 saturated carbocycles. The van der Waals surface area contributed by atoms with Gasteiger partial charge in [0.15, 0.2) is 0 Å². The quantitative estimate of drug-likeness (QED) is 0.909. The van der Waals surface area contributed by atoms with Crippen LogP contribution in [0.3, 0.4) is 0 Å². The lowest BCUT2D eigenvalue weighted by Gasteiger charge is -2.30. The minimum Gasteiger partial charge on any atom is -0.373 e. The summed E-state index contributed by atoms with van der Waals surface area (Å²) in [6, 6.07) is 5.65. The second-order valence-corrected chi connectivity index (χ2v) is 4.76. The second-order valence-electron chi connectivity index (χ2n) is 4.76. The van der Waals surface area contributed by atoms with Crippen LogP contribution in [0.25, 0.3) is 0 Å². The number of nitrogens with one attached hydrogen (secondary N) is 1. The molecule has 1 aromatic carbocycles. The van der Waals surface area contributed by atoms with Crippen LogP contribution >= 0.6 is 0 Å². The van der Waals surface area contributed by atoms with Crippen LogP contribution in [-0.4, -0.2) is 19.2 Å². The molecule has 5 heteroatoms. The Bertz CT molecular complexity index is 400. The fraction of sp³-hybridized carbons (Fsp3) is 0.571. The second kappa shape index (κ2) is 5.92. The summed E-state index contributed by atoms with van der Waals surface area (Å²) in [4.78, 5) is 0. The van der Waals surface area contributed by atoms with E-state index >= 15 is 0 Å². The Kier molecular flexibility index (Phi) is 4.47. The SMILES string of the molecule is CCNC1CCOC(c2ccc(C(F)(F)F)cc2)C1. The lowest BCUT2D eigenvalue weighted by atomic mass is 9.96. The van der Waals surface area contributed by atoms with Crippen LogP contribution < -0.4 is 5.32 Å². The van der Waals surface area contributed by atoms with Crippen molar-refractivity contribution in [1.82, 2.24) is 5.32 Å². The average molecular weight is 273 g/mol. The number of hydrogen-bond donors (Lipinski definition) is 1. The first kappa shape index (κ1) is 14.3. The molecule has 1 aromatic rings. The highest BCUT2D eigenvalue weighted by atomic mass is 19.4. The molecule has 0 aliphatic carbocycles. The molecule has 0 bridgehead atoms. The van der Waals surface area contributed by atoms with E-state index in [0.29, 0.717) is 12.6 Å². The first-order chi connectivity index (χ1) is 9.00. The highest BCUT2D eigenvalue weighted by molar-refractivity contribution is 5.26. The predicted octanol–water partition coefficient (Wildman–Crippen LogP) is 3.54. The van der Waals surface area contributed by atoms with Crippen molar-refractivity contribution in [3.63, 3.8) is 0 Å².